The van der Waals surface area contributed by atoms with Gasteiger partial charge in [-0.2, -0.15) is 0 Å². The number of carbonyl (C=O) groups excluding carboxylic acids is 1. The first-order valence-corrected chi connectivity index (χ1v) is 6.12. The maximum atomic E-state index is 13.0. The van der Waals surface area contributed by atoms with Crippen molar-refractivity contribution in [3.63, 3.8) is 0 Å². The van der Waals surface area contributed by atoms with Gasteiger partial charge in [-0.25, -0.2) is 4.39 Å². The van der Waals surface area contributed by atoms with E-state index in [2.05, 4.69) is 0 Å². The molecule has 0 amide bonds. The SMILES string of the molecule is Cc1cc(F)ccc1COc1cc(C=O)ccc1[N+](=O)[O-]. The molecule has 21 heavy (non-hydrogen) atoms. The third kappa shape index (κ3) is 3.42. The standard InChI is InChI=1S/C15H12FNO4/c1-10-6-13(16)4-3-12(10)9-21-15-7-11(8-18)2-5-14(15)17(19)20/h2-8H,9H2,1H3. The lowest BCUT2D eigenvalue weighted by Crippen LogP contribution is -2.01. The van der Waals surface area contributed by atoms with Crippen molar-refractivity contribution in [1.82, 2.24) is 0 Å². The van der Waals surface area contributed by atoms with Gasteiger partial charge in [0.2, 0.25) is 0 Å². The molecule has 0 aliphatic carbocycles. The number of hydrogen-bond acceptors (Lipinski definition) is 4. The minimum atomic E-state index is -0.582. The van der Waals surface area contributed by atoms with E-state index in [4.69, 9.17) is 4.74 Å². The number of aldehydes is 1. The molecule has 0 aromatic heterocycles. The van der Waals surface area contributed by atoms with Gasteiger partial charge in [0, 0.05) is 11.6 Å². The van der Waals surface area contributed by atoms with E-state index in [0.717, 1.165) is 0 Å². The summed E-state index contributed by atoms with van der Waals surface area (Å²) in [5.74, 6) is -0.349. The van der Waals surface area contributed by atoms with Gasteiger partial charge in [0.1, 0.15) is 18.7 Å². The highest BCUT2D eigenvalue weighted by Gasteiger charge is 2.16. The fraction of sp³-hybridized carbons (Fsp3) is 0.133. The van der Waals surface area contributed by atoms with Crippen molar-refractivity contribution in [2.75, 3.05) is 0 Å². The molecule has 0 aliphatic rings. The third-order valence-corrected chi connectivity index (χ3v) is 3.00. The largest absolute Gasteiger partial charge is 0.482 e. The topological polar surface area (TPSA) is 69.4 Å². The van der Waals surface area contributed by atoms with Crippen LogP contribution in [0.1, 0.15) is 21.5 Å². The number of aryl methyl sites for hydroxylation is 1. The first-order valence-electron chi connectivity index (χ1n) is 6.12. The summed E-state index contributed by atoms with van der Waals surface area (Å²) in [6, 6.07) is 8.08. The normalized spacial score (nSPS) is 10.2. The van der Waals surface area contributed by atoms with Gasteiger partial charge < -0.3 is 4.74 Å². The molecule has 0 spiro atoms. The molecule has 0 radical (unpaired) electrons. The molecule has 0 fully saturated rings. The zero-order valence-electron chi connectivity index (χ0n) is 11.2. The second-order valence-electron chi connectivity index (χ2n) is 4.46. The first kappa shape index (κ1) is 14.6. The molecule has 0 aliphatic heterocycles. The molecule has 6 heteroatoms. The fourth-order valence-electron chi connectivity index (χ4n) is 1.85. The van der Waals surface area contributed by atoms with Gasteiger partial charge in [0.15, 0.2) is 5.75 Å². The lowest BCUT2D eigenvalue weighted by atomic mass is 10.1. The molecule has 0 saturated heterocycles. The fourth-order valence-corrected chi connectivity index (χ4v) is 1.85. The molecular formula is C15H12FNO4. The number of nitrogens with zero attached hydrogens (tertiary/aromatic N) is 1. The molecule has 0 bridgehead atoms. The third-order valence-electron chi connectivity index (χ3n) is 3.00. The predicted octanol–water partition coefficient (Wildman–Crippen LogP) is 3.43. The molecule has 0 unspecified atom stereocenters. The van der Waals surface area contributed by atoms with Gasteiger partial charge in [-0.15, -0.1) is 0 Å². The van der Waals surface area contributed by atoms with Gasteiger partial charge in [0.05, 0.1) is 4.92 Å². The van der Waals surface area contributed by atoms with E-state index in [9.17, 15) is 19.3 Å². The van der Waals surface area contributed by atoms with Crippen molar-refractivity contribution in [2.45, 2.75) is 13.5 Å². The number of ether oxygens (including phenoxy) is 1. The van der Waals surface area contributed by atoms with Crippen molar-refractivity contribution in [2.24, 2.45) is 0 Å². The van der Waals surface area contributed by atoms with Crippen LogP contribution >= 0.6 is 0 Å². The van der Waals surface area contributed by atoms with Crippen LogP contribution in [0.5, 0.6) is 5.75 Å². The van der Waals surface area contributed by atoms with Crippen LogP contribution in [0, 0.1) is 22.9 Å². The lowest BCUT2D eigenvalue weighted by Gasteiger charge is -2.09. The summed E-state index contributed by atoms with van der Waals surface area (Å²) in [7, 11) is 0. The second-order valence-corrected chi connectivity index (χ2v) is 4.46. The molecular weight excluding hydrogens is 277 g/mol. The molecule has 0 heterocycles. The number of nitro benzene ring substituents is 1. The van der Waals surface area contributed by atoms with Crippen LogP contribution in [-0.2, 0) is 6.61 Å². The van der Waals surface area contributed by atoms with E-state index in [0.29, 0.717) is 17.4 Å². The first-order chi connectivity index (χ1) is 10.0. The number of halogens is 1. The quantitative estimate of drug-likeness (QED) is 0.480. The zero-order valence-corrected chi connectivity index (χ0v) is 11.2. The zero-order chi connectivity index (χ0) is 15.4. The van der Waals surface area contributed by atoms with Gasteiger partial charge in [-0.05, 0) is 42.3 Å². The van der Waals surface area contributed by atoms with E-state index in [-0.39, 0.29) is 29.4 Å². The molecule has 2 rings (SSSR count). The molecule has 0 saturated carbocycles. The second kappa shape index (κ2) is 6.13. The Labute approximate surface area is 120 Å². The number of rotatable bonds is 5. The Bertz CT molecular complexity index is 700. The maximum absolute atomic E-state index is 13.0. The Kier molecular flexibility index (Phi) is 4.27. The Hall–Kier alpha value is -2.76. The number of carbonyl (C=O) groups is 1. The minimum Gasteiger partial charge on any atom is -0.482 e. The Morgan fingerprint density at radius 2 is 2.05 bits per heavy atom. The Morgan fingerprint density at radius 1 is 1.29 bits per heavy atom. The van der Waals surface area contributed by atoms with Crippen molar-refractivity contribution in [3.8, 4) is 5.75 Å². The molecule has 108 valence electrons. The van der Waals surface area contributed by atoms with Gasteiger partial charge in [0.25, 0.3) is 0 Å². The van der Waals surface area contributed by atoms with Crippen molar-refractivity contribution in [1.29, 1.82) is 0 Å². The summed E-state index contributed by atoms with van der Waals surface area (Å²) in [5.41, 5.74) is 1.46. The summed E-state index contributed by atoms with van der Waals surface area (Å²) in [6.07, 6.45) is 0.583. The van der Waals surface area contributed by atoms with Crippen LogP contribution < -0.4 is 4.74 Å². The lowest BCUT2D eigenvalue weighted by molar-refractivity contribution is -0.385. The molecule has 0 N–H and O–H groups in total. The summed E-state index contributed by atoms with van der Waals surface area (Å²) in [6.45, 7) is 1.77. The average Bonchev–Trinajstić information content (AvgIpc) is 2.45. The van der Waals surface area contributed by atoms with Crippen molar-refractivity contribution >= 4 is 12.0 Å². The van der Waals surface area contributed by atoms with Crippen LogP contribution in [0.4, 0.5) is 10.1 Å². The number of hydrogen-bond donors (Lipinski definition) is 0. The van der Waals surface area contributed by atoms with Gasteiger partial charge in [-0.3, -0.25) is 14.9 Å². The smallest absolute Gasteiger partial charge is 0.310 e. The Morgan fingerprint density at radius 3 is 2.67 bits per heavy atom. The summed E-state index contributed by atoms with van der Waals surface area (Å²) in [5, 5.41) is 10.9. The highest BCUT2D eigenvalue weighted by Crippen LogP contribution is 2.28. The minimum absolute atomic E-state index is 0.00771. The van der Waals surface area contributed by atoms with E-state index in [1.165, 1.54) is 30.3 Å². The summed E-state index contributed by atoms with van der Waals surface area (Å²) >= 11 is 0. The Balaban J connectivity index is 2.26. The molecule has 0 atom stereocenters. The maximum Gasteiger partial charge on any atom is 0.310 e. The monoisotopic (exact) mass is 289 g/mol. The van der Waals surface area contributed by atoms with E-state index < -0.39 is 4.92 Å². The summed E-state index contributed by atoms with van der Waals surface area (Å²) < 4.78 is 18.4. The van der Waals surface area contributed by atoms with Crippen LogP contribution in [-0.4, -0.2) is 11.2 Å². The predicted molar refractivity (Wildman–Crippen MR) is 74.0 cm³/mol. The van der Waals surface area contributed by atoms with Crippen molar-refractivity contribution in [3.05, 3.63) is 69.0 Å². The van der Waals surface area contributed by atoms with Gasteiger partial charge in [-0.1, -0.05) is 6.07 Å². The average molecular weight is 289 g/mol. The van der Waals surface area contributed by atoms with Gasteiger partial charge >= 0.3 is 5.69 Å². The van der Waals surface area contributed by atoms with Crippen LogP contribution in [0.15, 0.2) is 36.4 Å². The molecule has 2 aromatic rings. The summed E-state index contributed by atoms with van der Waals surface area (Å²) in [4.78, 5) is 21.1. The van der Waals surface area contributed by atoms with E-state index >= 15 is 0 Å². The van der Waals surface area contributed by atoms with Crippen molar-refractivity contribution < 1.29 is 18.8 Å². The highest BCUT2D eigenvalue weighted by molar-refractivity contribution is 5.76. The van der Waals surface area contributed by atoms with E-state index in [1.54, 1.807) is 13.0 Å². The highest BCUT2D eigenvalue weighted by atomic mass is 19.1. The van der Waals surface area contributed by atoms with Crippen LogP contribution in [0.25, 0.3) is 0 Å². The number of nitro groups is 1. The van der Waals surface area contributed by atoms with E-state index in [1.807, 2.05) is 0 Å². The molecule has 2 aromatic carbocycles. The van der Waals surface area contributed by atoms with Crippen LogP contribution in [0.2, 0.25) is 0 Å². The van der Waals surface area contributed by atoms with Crippen LogP contribution in [0.3, 0.4) is 0 Å². The number of benzene rings is 2. The molecule has 5 nitrogen and oxygen atoms in total.